The first-order valence-corrected chi connectivity index (χ1v) is 5.80. The van der Waals surface area contributed by atoms with Crippen molar-refractivity contribution in [2.24, 2.45) is 0 Å². The van der Waals surface area contributed by atoms with Gasteiger partial charge in [0.05, 0.1) is 17.7 Å². The molecule has 0 fully saturated rings. The SMILES string of the molecule is CCC(CC)(CO)Nc1ccccc1C(=O)O. The maximum Gasteiger partial charge on any atom is 0.337 e. The van der Waals surface area contributed by atoms with Gasteiger partial charge in [-0.1, -0.05) is 26.0 Å². The van der Waals surface area contributed by atoms with Crippen LogP contribution in [0.3, 0.4) is 0 Å². The van der Waals surface area contributed by atoms with Crippen molar-refractivity contribution in [3.63, 3.8) is 0 Å². The Morgan fingerprint density at radius 2 is 1.88 bits per heavy atom. The zero-order valence-electron chi connectivity index (χ0n) is 10.2. The number of carbonyl (C=O) groups is 1. The molecule has 0 bridgehead atoms. The van der Waals surface area contributed by atoms with E-state index in [1.807, 2.05) is 13.8 Å². The van der Waals surface area contributed by atoms with E-state index in [1.165, 1.54) is 0 Å². The minimum Gasteiger partial charge on any atom is -0.478 e. The van der Waals surface area contributed by atoms with Gasteiger partial charge in [0.15, 0.2) is 0 Å². The molecule has 0 aliphatic rings. The van der Waals surface area contributed by atoms with Crippen LogP contribution in [-0.4, -0.2) is 28.3 Å². The number of carboxylic acids is 1. The number of para-hydroxylation sites is 1. The number of aromatic carboxylic acids is 1. The molecule has 1 aromatic rings. The second-order valence-corrected chi connectivity index (χ2v) is 4.12. The summed E-state index contributed by atoms with van der Waals surface area (Å²) in [4.78, 5) is 11.1. The molecule has 4 heteroatoms. The van der Waals surface area contributed by atoms with Crippen LogP contribution in [0.15, 0.2) is 24.3 Å². The summed E-state index contributed by atoms with van der Waals surface area (Å²) in [6, 6.07) is 6.74. The molecule has 0 heterocycles. The number of carboxylic acid groups (broad SMARTS) is 1. The number of hydrogen-bond acceptors (Lipinski definition) is 3. The summed E-state index contributed by atoms with van der Waals surface area (Å²) >= 11 is 0. The van der Waals surface area contributed by atoms with Crippen molar-refractivity contribution < 1.29 is 15.0 Å². The van der Waals surface area contributed by atoms with Gasteiger partial charge < -0.3 is 15.5 Å². The first-order valence-electron chi connectivity index (χ1n) is 5.80. The predicted octanol–water partition coefficient (Wildman–Crippen LogP) is 2.35. The van der Waals surface area contributed by atoms with Crippen LogP contribution in [0.2, 0.25) is 0 Å². The highest BCUT2D eigenvalue weighted by Gasteiger charge is 2.26. The summed E-state index contributed by atoms with van der Waals surface area (Å²) in [5.74, 6) is -0.966. The Labute approximate surface area is 101 Å². The molecule has 0 amide bonds. The quantitative estimate of drug-likeness (QED) is 0.710. The molecule has 0 aromatic heterocycles. The van der Waals surface area contributed by atoms with Gasteiger partial charge in [-0.3, -0.25) is 0 Å². The van der Waals surface area contributed by atoms with Crippen molar-refractivity contribution >= 4 is 11.7 Å². The van der Waals surface area contributed by atoms with Crippen molar-refractivity contribution in [1.29, 1.82) is 0 Å². The van der Waals surface area contributed by atoms with Gasteiger partial charge in [0.2, 0.25) is 0 Å². The van der Waals surface area contributed by atoms with E-state index >= 15 is 0 Å². The molecule has 0 saturated heterocycles. The molecule has 1 aromatic carbocycles. The summed E-state index contributed by atoms with van der Waals surface area (Å²) in [6.45, 7) is 3.92. The van der Waals surface area contributed by atoms with Gasteiger partial charge in [0.25, 0.3) is 0 Å². The number of anilines is 1. The van der Waals surface area contributed by atoms with E-state index in [-0.39, 0.29) is 12.2 Å². The number of benzene rings is 1. The molecule has 0 atom stereocenters. The largest absolute Gasteiger partial charge is 0.478 e. The lowest BCUT2D eigenvalue weighted by atomic mass is 9.93. The third kappa shape index (κ3) is 2.97. The van der Waals surface area contributed by atoms with E-state index in [4.69, 9.17) is 5.11 Å². The molecule has 4 nitrogen and oxygen atoms in total. The molecule has 0 spiro atoms. The average molecular weight is 237 g/mol. The summed E-state index contributed by atoms with van der Waals surface area (Å²) in [6.07, 6.45) is 1.46. The Kier molecular flexibility index (Phi) is 4.52. The Hall–Kier alpha value is -1.55. The number of hydrogen-bond donors (Lipinski definition) is 3. The fourth-order valence-corrected chi connectivity index (χ4v) is 1.75. The van der Waals surface area contributed by atoms with Crippen LogP contribution >= 0.6 is 0 Å². The van der Waals surface area contributed by atoms with E-state index in [0.717, 1.165) is 12.8 Å². The molecule has 0 unspecified atom stereocenters. The Morgan fingerprint density at radius 1 is 1.29 bits per heavy atom. The molecular formula is C13H19NO3. The van der Waals surface area contributed by atoms with Crippen molar-refractivity contribution in [2.45, 2.75) is 32.2 Å². The second kappa shape index (κ2) is 5.68. The Balaban J connectivity index is 3.05. The van der Waals surface area contributed by atoms with Crippen LogP contribution in [0, 0.1) is 0 Å². The zero-order valence-corrected chi connectivity index (χ0v) is 10.2. The van der Waals surface area contributed by atoms with Crippen molar-refractivity contribution in [1.82, 2.24) is 0 Å². The molecule has 94 valence electrons. The molecule has 0 aliphatic heterocycles. The van der Waals surface area contributed by atoms with Crippen LogP contribution in [-0.2, 0) is 0 Å². The first-order chi connectivity index (χ1) is 8.08. The average Bonchev–Trinajstić information content (AvgIpc) is 2.36. The third-order valence-corrected chi connectivity index (χ3v) is 3.21. The molecule has 3 N–H and O–H groups in total. The first kappa shape index (κ1) is 13.5. The zero-order chi connectivity index (χ0) is 12.9. The predicted molar refractivity (Wildman–Crippen MR) is 67.4 cm³/mol. The summed E-state index contributed by atoms with van der Waals surface area (Å²) < 4.78 is 0. The monoisotopic (exact) mass is 237 g/mol. The minimum absolute atomic E-state index is 0.0199. The van der Waals surface area contributed by atoms with Gasteiger partial charge in [-0.05, 0) is 25.0 Å². The number of nitrogens with one attached hydrogen (secondary N) is 1. The van der Waals surface area contributed by atoms with Crippen LogP contribution in [0.5, 0.6) is 0 Å². The van der Waals surface area contributed by atoms with Crippen LogP contribution in [0.1, 0.15) is 37.0 Å². The maximum absolute atomic E-state index is 11.1. The van der Waals surface area contributed by atoms with Crippen LogP contribution in [0.25, 0.3) is 0 Å². The number of aliphatic hydroxyl groups excluding tert-OH is 1. The smallest absolute Gasteiger partial charge is 0.337 e. The lowest BCUT2D eigenvalue weighted by Crippen LogP contribution is -2.41. The third-order valence-electron chi connectivity index (χ3n) is 3.21. The van der Waals surface area contributed by atoms with Gasteiger partial charge >= 0.3 is 5.97 Å². The molecule has 0 aliphatic carbocycles. The Bertz CT molecular complexity index is 378. The van der Waals surface area contributed by atoms with Gasteiger partial charge in [-0.15, -0.1) is 0 Å². The van der Waals surface area contributed by atoms with Crippen molar-refractivity contribution in [3.8, 4) is 0 Å². The van der Waals surface area contributed by atoms with Crippen LogP contribution in [0.4, 0.5) is 5.69 Å². The lowest BCUT2D eigenvalue weighted by molar-refractivity contribution is 0.0697. The van der Waals surface area contributed by atoms with Crippen LogP contribution < -0.4 is 5.32 Å². The topological polar surface area (TPSA) is 69.6 Å². The molecule has 1 rings (SSSR count). The minimum atomic E-state index is -0.966. The maximum atomic E-state index is 11.1. The highest BCUT2D eigenvalue weighted by molar-refractivity contribution is 5.94. The van der Waals surface area contributed by atoms with E-state index in [1.54, 1.807) is 24.3 Å². The van der Waals surface area contributed by atoms with Crippen molar-refractivity contribution in [2.75, 3.05) is 11.9 Å². The fraction of sp³-hybridized carbons (Fsp3) is 0.462. The van der Waals surface area contributed by atoms with Gasteiger partial charge in [0, 0.05) is 5.69 Å². The Morgan fingerprint density at radius 3 is 2.35 bits per heavy atom. The van der Waals surface area contributed by atoms with Crippen molar-refractivity contribution in [3.05, 3.63) is 29.8 Å². The van der Waals surface area contributed by atoms with E-state index in [2.05, 4.69) is 5.32 Å². The van der Waals surface area contributed by atoms with Gasteiger partial charge in [-0.25, -0.2) is 4.79 Å². The molecule has 0 saturated carbocycles. The normalized spacial score (nSPS) is 11.2. The summed E-state index contributed by atoms with van der Waals surface area (Å²) in [5.41, 5.74) is 0.330. The summed E-state index contributed by atoms with van der Waals surface area (Å²) in [7, 11) is 0. The lowest BCUT2D eigenvalue weighted by Gasteiger charge is -2.32. The van der Waals surface area contributed by atoms with E-state index in [0.29, 0.717) is 5.69 Å². The standard InChI is InChI=1S/C13H19NO3/c1-3-13(4-2,9-15)14-11-8-6-5-7-10(11)12(16)17/h5-8,14-15H,3-4,9H2,1-2H3,(H,16,17). The number of rotatable bonds is 6. The summed E-state index contributed by atoms with van der Waals surface area (Å²) in [5, 5.41) is 21.7. The number of aliphatic hydroxyl groups is 1. The van der Waals surface area contributed by atoms with Gasteiger partial charge in [-0.2, -0.15) is 0 Å². The second-order valence-electron chi connectivity index (χ2n) is 4.12. The molecule has 17 heavy (non-hydrogen) atoms. The van der Waals surface area contributed by atoms with E-state index < -0.39 is 11.5 Å². The fourth-order valence-electron chi connectivity index (χ4n) is 1.75. The van der Waals surface area contributed by atoms with Gasteiger partial charge in [0.1, 0.15) is 0 Å². The highest BCUT2D eigenvalue weighted by Crippen LogP contribution is 2.24. The molecule has 0 radical (unpaired) electrons. The highest BCUT2D eigenvalue weighted by atomic mass is 16.4. The van der Waals surface area contributed by atoms with E-state index in [9.17, 15) is 9.90 Å². The molecular weight excluding hydrogens is 218 g/mol.